The lowest BCUT2D eigenvalue weighted by Crippen LogP contribution is -2.52. The van der Waals surface area contributed by atoms with Crippen molar-refractivity contribution in [1.29, 1.82) is 0 Å². The van der Waals surface area contributed by atoms with E-state index in [0.717, 1.165) is 16.7 Å². The van der Waals surface area contributed by atoms with Crippen molar-refractivity contribution in [2.45, 2.75) is 39.8 Å². The molecule has 184 valence electrons. The molecule has 3 aromatic carbocycles. The minimum atomic E-state index is -0.721. The average Bonchev–Trinajstić information content (AvgIpc) is 2.86. The van der Waals surface area contributed by atoms with Gasteiger partial charge in [-0.25, -0.2) is 4.39 Å². The highest BCUT2D eigenvalue weighted by Gasteiger charge is 2.30. The number of hydrogen-bond acceptors (Lipinski definition) is 3. The van der Waals surface area contributed by atoms with Gasteiger partial charge in [0.15, 0.2) is 6.61 Å². The third kappa shape index (κ3) is 8.25. The number of carbonyl (C=O) groups is 2. The van der Waals surface area contributed by atoms with E-state index in [-0.39, 0.29) is 36.7 Å². The largest absolute Gasteiger partial charge is 0.484 e. The Bertz CT molecular complexity index is 1080. The van der Waals surface area contributed by atoms with Gasteiger partial charge in [-0.2, -0.15) is 0 Å². The van der Waals surface area contributed by atoms with Crippen LogP contribution in [0.4, 0.5) is 4.39 Å². The normalized spacial score (nSPS) is 11.7. The van der Waals surface area contributed by atoms with Gasteiger partial charge in [-0.1, -0.05) is 74.0 Å². The van der Waals surface area contributed by atoms with Crippen LogP contribution in [0.25, 0.3) is 0 Å². The molecule has 0 aliphatic heterocycles. The van der Waals surface area contributed by atoms with Gasteiger partial charge in [0, 0.05) is 19.5 Å². The summed E-state index contributed by atoms with van der Waals surface area (Å²) in [6, 6.07) is 22.3. The molecule has 35 heavy (non-hydrogen) atoms. The quantitative estimate of drug-likeness (QED) is 0.427. The van der Waals surface area contributed by atoms with Crippen molar-refractivity contribution in [2.75, 3.05) is 13.2 Å². The first-order chi connectivity index (χ1) is 16.8. The number of amides is 2. The molecule has 0 aliphatic carbocycles. The van der Waals surface area contributed by atoms with Gasteiger partial charge in [0.2, 0.25) is 5.91 Å². The fourth-order valence-electron chi connectivity index (χ4n) is 3.63. The Morgan fingerprint density at radius 1 is 0.914 bits per heavy atom. The third-order valence-corrected chi connectivity index (χ3v) is 5.61. The Balaban J connectivity index is 1.88. The van der Waals surface area contributed by atoms with Gasteiger partial charge in [-0.3, -0.25) is 9.59 Å². The van der Waals surface area contributed by atoms with Crippen molar-refractivity contribution in [2.24, 2.45) is 5.92 Å². The number of rotatable bonds is 11. The van der Waals surface area contributed by atoms with E-state index in [0.29, 0.717) is 18.7 Å². The maximum atomic E-state index is 13.5. The van der Waals surface area contributed by atoms with E-state index in [1.807, 2.05) is 75.4 Å². The van der Waals surface area contributed by atoms with E-state index in [2.05, 4.69) is 5.32 Å². The molecule has 0 aromatic heterocycles. The van der Waals surface area contributed by atoms with Crippen LogP contribution < -0.4 is 10.1 Å². The molecule has 0 saturated heterocycles. The van der Waals surface area contributed by atoms with E-state index in [4.69, 9.17) is 4.74 Å². The number of aryl methyl sites for hydroxylation is 1. The smallest absolute Gasteiger partial charge is 0.261 e. The van der Waals surface area contributed by atoms with E-state index >= 15 is 0 Å². The maximum absolute atomic E-state index is 13.5. The summed E-state index contributed by atoms with van der Waals surface area (Å²) in [6.45, 7) is 6.57. The number of nitrogens with one attached hydrogen (secondary N) is 1. The molecule has 2 amide bonds. The van der Waals surface area contributed by atoms with Crippen molar-refractivity contribution in [3.8, 4) is 5.75 Å². The molecule has 0 radical (unpaired) electrons. The van der Waals surface area contributed by atoms with Gasteiger partial charge in [0.25, 0.3) is 5.91 Å². The van der Waals surface area contributed by atoms with Crippen molar-refractivity contribution >= 4 is 11.8 Å². The fourth-order valence-corrected chi connectivity index (χ4v) is 3.63. The second kappa shape index (κ2) is 12.7. The summed E-state index contributed by atoms with van der Waals surface area (Å²) in [4.78, 5) is 28.4. The molecule has 0 fully saturated rings. The summed E-state index contributed by atoms with van der Waals surface area (Å²) in [6.07, 6.45) is 0.374. The maximum Gasteiger partial charge on any atom is 0.261 e. The standard InChI is InChI=1S/C29H33FN2O3/c1-21(2)18-31-29(34)27(17-23-7-5-4-6-8-23)32(19-24-11-9-22(3)10-12-24)28(33)20-35-26-15-13-25(30)14-16-26/h4-16,21,27H,17-20H2,1-3H3,(H,31,34)/t27-/m0/s1. The Kier molecular flexibility index (Phi) is 9.41. The summed E-state index contributed by atoms with van der Waals surface area (Å²) < 4.78 is 18.9. The number of ether oxygens (including phenoxy) is 1. The summed E-state index contributed by atoms with van der Waals surface area (Å²) in [5, 5.41) is 3.00. The SMILES string of the molecule is Cc1ccc(CN(C(=O)COc2ccc(F)cc2)[C@@H](Cc2ccccc2)C(=O)NCC(C)C)cc1. The topological polar surface area (TPSA) is 58.6 Å². The summed E-state index contributed by atoms with van der Waals surface area (Å²) in [5.41, 5.74) is 2.99. The summed E-state index contributed by atoms with van der Waals surface area (Å²) >= 11 is 0. The number of halogens is 1. The van der Waals surface area contributed by atoms with E-state index in [9.17, 15) is 14.0 Å². The van der Waals surface area contributed by atoms with Crippen LogP contribution in [0, 0.1) is 18.7 Å². The van der Waals surface area contributed by atoms with Crippen LogP contribution in [-0.2, 0) is 22.6 Å². The molecule has 0 unspecified atom stereocenters. The summed E-state index contributed by atoms with van der Waals surface area (Å²) in [5.74, 6) is -0.243. The summed E-state index contributed by atoms with van der Waals surface area (Å²) in [7, 11) is 0. The molecule has 5 nitrogen and oxygen atoms in total. The van der Waals surface area contributed by atoms with E-state index in [1.165, 1.54) is 24.3 Å². The second-order valence-electron chi connectivity index (χ2n) is 9.09. The van der Waals surface area contributed by atoms with Gasteiger partial charge in [0.05, 0.1) is 0 Å². The molecule has 0 saturated carbocycles. The lowest BCUT2D eigenvalue weighted by molar-refractivity contribution is -0.142. The zero-order chi connectivity index (χ0) is 25.2. The average molecular weight is 477 g/mol. The number of benzene rings is 3. The number of hydrogen-bond donors (Lipinski definition) is 1. The first-order valence-corrected chi connectivity index (χ1v) is 11.9. The zero-order valence-corrected chi connectivity index (χ0v) is 20.5. The molecule has 0 aliphatic rings. The monoisotopic (exact) mass is 476 g/mol. The van der Waals surface area contributed by atoms with Crippen molar-refractivity contribution < 1.29 is 18.7 Å². The number of nitrogens with zero attached hydrogens (tertiary/aromatic N) is 1. The van der Waals surface area contributed by atoms with Crippen LogP contribution in [-0.4, -0.2) is 35.9 Å². The Morgan fingerprint density at radius 2 is 1.57 bits per heavy atom. The lowest BCUT2D eigenvalue weighted by Gasteiger charge is -2.31. The van der Waals surface area contributed by atoms with Gasteiger partial charge in [0.1, 0.15) is 17.6 Å². The first kappa shape index (κ1) is 25.9. The van der Waals surface area contributed by atoms with Gasteiger partial charge in [-0.15, -0.1) is 0 Å². The van der Waals surface area contributed by atoms with Crippen LogP contribution in [0.3, 0.4) is 0 Å². The minimum absolute atomic E-state index is 0.204. The molecule has 0 bridgehead atoms. The van der Waals surface area contributed by atoms with Crippen LogP contribution in [0.2, 0.25) is 0 Å². The van der Waals surface area contributed by atoms with E-state index in [1.54, 1.807) is 4.90 Å². The van der Waals surface area contributed by atoms with Crippen LogP contribution in [0.15, 0.2) is 78.9 Å². The Morgan fingerprint density at radius 3 is 2.20 bits per heavy atom. The third-order valence-electron chi connectivity index (χ3n) is 5.61. The fraction of sp³-hybridized carbons (Fsp3) is 0.310. The second-order valence-corrected chi connectivity index (χ2v) is 9.09. The van der Waals surface area contributed by atoms with Gasteiger partial charge in [-0.05, 0) is 48.2 Å². The predicted octanol–water partition coefficient (Wildman–Crippen LogP) is 4.93. The molecular formula is C29H33FN2O3. The Labute approximate surface area is 206 Å². The first-order valence-electron chi connectivity index (χ1n) is 11.9. The molecular weight excluding hydrogens is 443 g/mol. The van der Waals surface area contributed by atoms with Crippen LogP contribution in [0.5, 0.6) is 5.75 Å². The van der Waals surface area contributed by atoms with Crippen LogP contribution in [0.1, 0.15) is 30.5 Å². The van der Waals surface area contributed by atoms with Crippen LogP contribution >= 0.6 is 0 Å². The van der Waals surface area contributed by atoms with Crippen molar-refractivity contribution in [3.05, 3.63) is 101 Å². The highest BCUT2D eigenvalue weighted by Crippen LogP contribution is 2.17. The molecule has 1 atom stereocenters. The molecule has 6 heteroatoms. The lowest BCUT2D eigenvalue weighted by atomic mass is 10.0. The minimum Gasteiger partial charge on any atom is -0.484 e. The van der Waals surface area contributed by atoms with Gasteiger partial charge >= 0.3 is 0 Å². The highest BCUT2D eigenvalue weighted by molar-refractivity contribution is 5.88. The highest BCUT2D eigenvalue weighted by atomic mass is 19.1. The number of carbonyl (C=O) groups excluding carboxylic acids is 2. The Hall–Kier alpha value is -3.67. The molecule has 3 rings (SSSR count). The van der Waals surface area contributed by atoms with Crippen molar-refractivity contribution in [3.63, 3.8) is 0 Å². The van der Waals surface area contributed by atoms with Gasteiger partial charge < -0.3 is 15.0 Å². The van der Waals surface area contributed by atoms with Crippen molar-refractivity contribution in [1.82, 2.24) is 10.2 Å². The molecule has 3 aromatic rings. The van der Waals surface area contributed by atoms with E-state index < -0.39 is 6.04 Å². The zero-order valence-electron chi connectivity index (χ0n) is 20.5. The molecule has 0 spiro atoms. The predicted molar refractivity (Wildman–Crippen MR) is 135 cm³/mol. The molecule has 1 N–H and O–H groups in total. The molecule has 0 heterocycles.